The van der Waals surface area contributed by atoms with Gasteiger partial charge in [-0.05, 0) is 88.6 Å². The fourth-order valence-electron chi connectivity index (χ4n) is 6.54. The molecule has 0 saturated carbocycles. The van der Waals surface area contributed by atoms with Gasteiger partial charge in [0.25, 0.3) is 0 Å². The monoisotopic (exact) mass is 566 g/mol. The second-order valence-electron chi connectivity index (χ2n) is 11.0. The van der Waals surface area contributed by atoms with E-state index in [9.17, 15) is 0 Å². The molecule has 9 rings (SSSR count). The van der Waals surface area contributed by atoms with Crippen molar-refractivity contribution in [3.05, 3.63) is 158 Å². The highest BCUT2D eigenvalue weighted by Crippen LogP contribution is 2.52. The maximum absolute atomic E-state index is 2.40. The Morgan fingerprint density at radius 2 is 1.09 bits per heavy atom. The highest BCUT2D eigenvalue weighted by atomic mass is 32.2. The minimum atomic E-state index is 1.17. The molecule has 0 N–H and O–H groups in total. The number of benzene rings is 7. The van der Waals surface area contributed by atoms with E-state index in [0.29, 0.717) is 0 Å². The fourth-order valence-corrected chi connectivity index (χ4v) is 7.64. The summed E-state index contributed by atoms with van der Waals surface area (Å²) in [6.07, 6.45) is 0. The molecule has 1 aliphatic heterocycles. The van der Waals surface area contributed by atoms with Gasteiger partial charge >= 0.3 is 0 Å². The molecular weight excluding hydrogens is 541 g/mol. The standard InChI is InChI=1S/C40H26N2S/c1-2-12-31(13-3-1)41-37-16-8-9-17-39(37)43-40-26-30(20-23-38(40)41)29-19-22-36-34(25-29)33-14-6-7-15-35(33)42(36)32-21-18-27-10-4-5-11-28(27)24-32/h1-26H. The Bertz CT molecular complexity index is 2330. The lowest BCUT2D eigenvalue weighted by Gasteiger charge is -2.33. The molecular formula is C40H26N2S. The van der Waals surface area contributed by atoms with Crippen molar-refractivity contribution >= 4 is 61.4 Å². The number of aromatic nitrogens is 1. The highest BCUT2D eigenvalue weighted by molar-refractivity contribution is 7.99. The number of hydrogen-bond acceptors (Lipinski definition) is 2. The smallest absolute Gasteiger partial charge is 0.0602 e. The summed E-state index contributed by atoms with van der Waals surface area (Å²) in [5.41, 5.74) is 9.69. The third kappa shape index (κ3) is 3.89. The van der Waals surface area contributed by atoms with E-state index in [2.05, 4.69) is 167 Å². The molecule has 2 nitrogen and oxygen atoms in total. The fraction of sp³-hybridized carbons (Fsp3) is 0. The lowest BCUT2D eigenvalue weighted by molar-refractivity contribution is 1.17. The number of para-hydroxylation sites is 3. The highest BCUT2D eigenvalue weighted by Gasteiger charge is 2.25. The lowest BCUT2D eigenvalue weighted by atomic mass is 10.0. The van der Waals surface area contributed by atoms with Crippen molar-refractivity contribution in [3.63, 3.8) is 0 Å². The van der Waals surface area contributed by atoms with E-state index in [0.717, 1.165) is 0 Å². The molecule has 0 atom stereocenters. The minimum absolute atomic E-state index is 1.17. The Morgan fingerprint density at radius 3 is 2.02 bits per heavy atom. The van der Waals surface area contributed by atoms with Crippen LogP contribution in [0.1, 0.15) is 0 Å². The largest absolute Gasteiger partial charge is 0.309 e. The number of fused-ring (bicyclic) bond motifs is 6. The Labute approximate surface area is 254 Å². The first kappa shape index (κ1) is 24.4. The molecule has 7 aromatic carbocycles. The van der Waals surface area contributed by atoms with Crippen LogP contribution in [-0.2, 0) is 0 Å². The van der Waals surface area contributed by atoms with Crippen molar-refractivity contribution < 1.29 is 0 Å². The average Bonchev–Trinajstić information content (AvgIpc) is 3.41. The van der Waals surface area contributed by atoms with Crippen molar-refractivity contribution in [3.8, 4) is 16.8 Å². The second kappa shape index (κ2) is 9.65. The third-order valence-electron chi connectivity index (χ3n) is 8.54. The molecule has 0 aliphatic carbocycles. The van der Waals surface area contributed by atoms with Gasteiger partial charge in [-0.2, -0.15) is 0 Å². The van der Waals surface area contributed by atoms with E-state index >= 15 is 0 Å². The first-order valence-electron chi connectivity index (χ1n) is 14.6. The molecule has 0 saturated heterocycles. The Balaban J connectivity index is 1.19. The lowest BCUT2D eigenvalue weighted by Crippen LogP contribution is -2.14. The Morgan fingerprint density at radius 1 is 0.395 bits per heavy atom. The summed E-state index contributed by atoms with van der Waals surface area (Å²) >= 11 is 1.85. The zero-order chi connectivity index (χ0) is 28.3. The number of rotatable bonds is 3. The van der Waals surface area contributed by atoms with Crippen LogP contribution in [0.25, 0.3) is 49.4 Å². The second-order valence-corrected chi connectivity index (χ2v) is 12.1. The maximum Gasteiger partial charge on any atom is 0.0602 e. The molecule has 0 amide bonds. The SMILES string of the molecule is c1ccc(N2c3ccccc3Sc3cc(-c4ccc5c(c4)c4ccccc4n5-c4ccc5ccccc5c4)ccc32)cc1. The van der Waals surface area contributed by atoms with Crippen LogP contribution in [0, 0.1) is 0 Å². The van der Waals surface area contributed by atoms with Crippen LogP contribution in [0.4, 0.5) is 17.1 Å². The zero-order valence-corrected chi connectivity index (χ0v) is 24.1. The molecule has 0 unspecified atom stereocenters. The topological polar surface area (TPSA) is 8.17 Å². The summed E-state index contributed by atoms with van der Waals surface area (Å²) in [5.74, 6) is 0. The molecule has 0 fully saturated rings. The normalized spacial score (nSPS) is 12.5. The predicted molar refractivity (Wildman–Crippen MR) is 183 cm³/mol. The van der Waals surface area contributed by atoms with Gasteiger partial charge in [0.15, 0.2) is 0 Å². The van der Waals surface area contributed by atoms with Gasteiger partial charge < -0.3 is 9.47 Å². The third-order valence-corrected chi connectivity index (χ3v) is 9.65. The molecule has 202 valence electrons. The predicted octanol–water partition coefficient (Wildman–Crippen LogP) is 11.5. The molecule has 0 bridgehead atoms. The molecule has 8 aromatic rings. The molecule has 1 aliphatic rings. The van der Waals surface area contributed by atoms with Crippen LogP contribution in [0.5, 0.6) is 0 Å². The summed E-state index contributed by atoms with van der Waals surface area (Å²) in [7, 11) is 0. The van der Waals surface area contributed by atoms with Crippen molar-refractivity contribution in [2.45, 2.75) is 9.79 Å². The average molecular weight is 567 g/mol. The van der Waals surface area contributed by atoms with E-state index < -0.39 is 0 Å². The van der Waals surface area contributed by atoms with Crippen molar-refractivity contribution in [1.29, 1.82) is 0 Å². The first-order valence-corrected chi connectivity index (χ1v) is 15.4. The Kier molecular flexibility index (Phi) is 5.47. The number of nitrogens with zero attached hydrogens (tertiary/aromatic N) is 2. The first-order chi connectivity index (χ1) is 21.3. The van der Waals surface area contributed by atoms with Crippen LogP contribution < -0.4 is 4.90 Å². The van der Waals surface area contributed by atoms with Gasteiger partial charge in [-0.1, -0.05) is 103 Å². The van der Waals surface area contributed by atoms with Crippen LogP contribution in [-0.4, -0.2) is 4.57 Å². The van der Waals surface area contributed by atoms with E-state index in [1.807, 2.05) is 11.8 Å². The van der Waals surface area contributed by atoms with Crippen LogP contribution >= 0.6 is 11.8 Å². The van der Waals surface area contributed by atoms with Gasteiger partial charge in [0.1, 0.15) is 0 Å². The Hall–Kier alpha value is -5.25. The zero-order valence-electron chi connectivity index (χ0n) is 23.3. The summed E-state index contributed by atoms with van der Waals surface area (Å²) in [5, 5.41) is 5.04. The van der Waals surface area contributed by atoms with Gasteiger partial charge in [-0.3, -0.25) is 0 Å². The van der Waals surface area contributed by atoms with Crippen molar-refractivity contribution in [2.24, 2.45) is 0 Å². The molecule has 1 aromatic heterocycles. The molecule has 0 spiro atoms. The van der Waals surface area contributed by atoms with Crippen molar-refractivity contribution in [1.82, 2.24) is 4.57 Å². The summed E-state index contributed by atoms with van der Waals surface area (Å²) in [6.45, 7) is 0. The molecule has 3 heteroatoms. The number of hydrogen-bond donors (Lipinski definition) is 0. The van der Waals surface area contributed by atoms with Gasteiger partial charge in [-0.25, -0.2) is 0 Å². The number of anilines is 3. The summed E-state index contributed by atoms with van der Waals surface area (Å²) in [6, 6.07) is 57.3. The maximum atomic E-state index is 2.40. The molecule has 43 heavy (non-hydrogen) atoms. The summed E-state index contributed by atoms with van der Waals surface area (Å²) < 4.78 is 2.40. The quantitative estimate of drug-likeness (QED) is 0.210. The minimum Gasteiger partial charge on any atom is -0.309 e. The van der Waals surface area contributed by atoms with Gasteiger partial charge in [0.05, 0.1) is 22.4 Å². The van der Waals surface area contributed by atoms with Gasteiger partial charge in [-0.15, -0.1) is 0 Å². The molecule has 0 radical (unpaired) electrons. The van der Waals surface area contributed by atoms with E-state index in [1.54, 1.807) is 0 Å². The van der Waals surface area contributed by atoms with E-state index in [1.165, 1.54) is 76.2 Å². The molecule has 2 heterocycles. The van der Waals surface area contributed by atoms with Gasteiger partial charge in [0, 0.05) is 31.9 Å². The van der Waals surface area contributed by atoms with E-state index in [-0.39, 0.29) is 0 Å². The van der Waals surface area contributed by atoms with Crippen LogP contribution in [0.2, 0.25) is 0 Å². The van der Waals surface area contributed by atoms with E-state index in [4.69, 9.17) is 0 Å². The van der Waals surface area contributed by atoms with Gasteiger partial charge in [0.2, 0.25) is 0 Å². The summed E-state index contributed by atoms with van der Waals surface area (Å²) in [4.78, 5) is 4.91. The van der Waals surface area contributed by atoms with Crippen molar-refractivity contribution in [2.75, 3.05) is 4.90 Å². The van der Waals surface area contributed by atoms with Crippen LogP contribution in [0.15, 0.2) is 168 Å². The van der Waals surface area contributed by atoms with Crippen LogP contribution in [0.3, 0.4) is 0 Å².